The van der Waals surface area contributed by atoms with Crippen LogP contribution in [0, 0.1) is 0 Å². The minimum absolute atomic E-state index is 0. The average molecular weight is 1470 g/mol. The quantitative estimate of drug-likeness (QED) is 0.0185. The van der Waals surface area contributed by atoms with Crippen LogP contribution in [0.25, 0.3) is 43.1 Å². The largest absolute Gasteiger partial charge is 0.505 e. The van der Waals surface area contributed by atoms with E-state index < -0.39 is 113 Å². The number of azo groups is 4. The predicted molar refractivity (Wildman–Crippen MR) is 354 cm³/mol. The zero-order valence-electron chi connectivity index (χ0n) is 50.0. The maximum absolute atomic E-state index is 12.9. The molecule has 0 aliphatic carbocycles. The summed E-state index contributed by atoms with van der Waals surface area (Å²) in [5, 5.41) is 57.6. The van der Waals surface area contributed by atoms with Gasteiger partial charge in [0, 0.05) is 232 Å². The summed E-state index contributed by atoms with van der Waals surface area (Å²) in [6, 6.07) is 27.7. The smallest absolute Gasteiger partial charge is 0.296 e. The number of rotatable bonds is 16. The number of fused-ring (bicyclic) bond motifs is 4. The van der Waals surface area contributed by atoms with Crippen LogP contribution in [0.1, 0.15) is 0 Å². The van der Waals surface area contributed by atoms with E-state index in [-0.39, 0.29) is 277 Å². The maximum Gasteiger partial charge on any atom is 0.296 e. The number of nitrogens with one attached hydrogen (secondary N) is 1. The first-order valence-electron chi connectivity index (χ1n) is 24.3. The summed E-state index contributed by atoms with van der Waals surface area (Å²) in [6.07, 6.45) is 0. The summed E-state index contributed by atoms with van der Waals surface area (Å²) in [4.78, 5) is -4.65. The molecule has 0 atom stereocenters. The first-order valence-corrected chi connectivity index (χ1v) is 33.0. The molecule has 0 saturated carbocycles. The summed E-state index contributed by atoms with van der Waals surface area (Å²) in [6.45, 7) is 0. The number of benzene rings is 10. The Labute approximate surface area is 671 Å². The second-order valence-corrected chi connectivity index (χ2v) is 27.3. The zero-order chi connectivity index (χ0) is 64.5. The molecule has 43 heteroatoms. The van der Waals surface area contributed by atoms with Gasteiger partial charge in [-0.15, -0.1) is 40.9 Å². The first-order chi connectivity index (χ1) is 41.5. The molecule has 10 aromatic carbocycles. The van der Waals surface area contributed by atoms with Crippen molar-refractivity contribution in [3.05, 3.63) is 146 Å². The molecule has 0 unspecified atom stereocenters. The van der Waals surface area contributed by atoms with E-state index in [2.05, 4.69) is 46.2 Å². The van der Waals surface area contributed by atoms with Gasteiger partial charge in [0.1, 0.15) is 42.3 Å². The van der Waals surface area contributed by atoms with E-state index >= 15 is 0 Å². The van der Waals surface area contributed by atoms with Crippen LogP contribution in [0.5, 0.6) is 11.5 Å². The molecule has 0 saturated heterocycles. The third-order valence-electron chi connectivity index (χ3n) is 13.0. The van der Waals surface area contributed by atoms with Crippen molar-refractivity contribution >= 4 is 349 Å². The molecule has 13 N–H and O–H groups in total. The van der Waals surface area contributed by atoms with Gasteiger partial charge < -0.3 is 27.0 Å². The Bertz CT molecular complexity index is 5290. The molecule has 31 nitrogen and oxygen atoms in total. The average Bonchev–Trinajstić information content (AvgIpc) is 0.778. The van der Waals surface area contributed by atoms with Crippen LogP contribution in [0.15, 0.2) is 216 Å². The normalized spacial score (nSPS) is 12.3. The summed E-state index contributed by atoms with van der Waals surface area (Å²) in [7, 11) is -30.0. The predicted octanol–water partition coefficient (Wildman–Crippen LogP) is 9.48. The molecule has 0 bridgehead atoms. The number of phenols is 2. The molecule has 0 aromatic heterocycles. The molecule has 0 heterocycles. The van der Waals surface area contributed by atoms with E-state index in [1.54, 1.807) is 0 Å². The second kappa shape index (κ2) is 32.2. The van der Waals surface area contributed by atoms with Crippen molar-refractivity contribution in [1.29, 1.82) is 0 Å². The number of nitrogen functional groups attached to an aromatic ring is 2. The third kappa shape index (κ3) is 19.0. The molecule has 95 heavy (non-hydrogen) atoms. The van der Waals surface area contributed by atoms with Crippen molar-refractivity contribution in [3.8, 4) is 11.5 Å². The van der Waals surface area contributed by atoms with Crippen molar-refractivity contribution < 1.29 is 88.0 Å². The van der Waals surface area contributed by atoms with Crippen molar-refractivity contribution in [2.24, 2.45) is 40.9 Å². The standard InChI is InChI=1S/C52H37N11O20S6.6Na/c53-27-1-11-43(45(21-27)86(72,73)74)60-56-39-13-15-41(37-23-31(84(66,67)68)5-9-35(37)39)58-62-49-47(88(78,79)80)19-25-17-29(3-7-33(25)51(49)64)55-30-4-8-34-26(18-30)20-48(89(81,82)83)50(52(34)65)63-59-42-16-14-40(36-10-6-32(24-38(36)42)85(69,70)71)57-61-44-12-2-28(54)22-46(44)87(75,76)77;;;;;;/h1-24,55,64-65H,53-54H2,(H,66,67,68)(H,69,70,71)(H,72,73,74)(H,75,76,77)(H,78,79,80)(H,81,82,83);;;;;;. The van der Waals surface area contributed by atoms with Gasteiger partial charge in [0.25, 0.3) is 60.7 Å². The summed E-state index contributed by atoms with van der Waals surface area (Å²) >= 11 is 0. The Morgan fingerprint density at radius 2 is 0.568 bits per heavy atom. The van der Waals surface area contributed by atoms with E-state index in [0.717, 1.165) is 60.7 Å². The number of phenolic OH excluding ortho intramolecular Hbond substituents is 2. The molecule has 462 valence electrons. The summed E-state index contributed by atoms with van der Waals surface area (Å²) in [5.41, 5.74) is 8.73. The van der Waals surface area contributed by atoms with Crippen LogP contribution >= 0.6 is 0 Å². The van der Waals surface area contributed by atoms with Crippen LogP contribution < -0.4 is 16.8 Å². The van der Waals surface area contributed by atoms with E-state index in [9.17, 15) is 88.0 Å². The summed E-state index contributed by atoms with van der Waals surface area (Å²) < 4.78 is 209. The molecular weight excluding hydrogens is 1430 g/mol. The molecule has 10 aromatic rings. The second-order valence-electron chi connectivity index (χ2n) is 18.9. The van der Waals surface area contributed by atoms with Crippen LogP contribution in [-0.2, 0) is 60.7 Å². The molecule has 0 amide bonds. The topological polar surface area (TPSA) is 530 Å². The first kappa shape index (κ1) is 83.5. The molecule has 0 fully saturated rings. The van der Waals surface area contributed by atoms with Crippen LogP contribution in [0.3, 0.4) is 0 Å². The van der Waals surface area contributed by atoms with Crippen molar-refractivity contribution in [1.82, 2.24) is 0 Å². The van der Waals surface area contributed by atoms with Crippen molar-refractivity contribution in [3.63, 3.8) is 0 Å². The fourth-order valence-corrected chi connectivity index (χ4v) is 12.6. The van der Waals surface area contributed by atoms with Gasteiger partial charge >= 0.3 is 0 Å². The minimum Gasteiger partial charge on any atom is -0.505 e. The molecule has 0 aliphatic rings. The van der Waals surface area contributed by atoms with Crippen molar-refractivity contribution in [2.45, 2.75) is 29.4 Å². The number of nitrogens with zero attached hydrogens (tertiary/aromatic N) is 8. The number of nitrogens with two attached hydrogens (primary N) is 2. The van der Waals surface area contributed by atoms with E-state index in [0.29, 0.717) is 0 Å². The van der Waals surface area contributed by atoms with Gasteiger partial charge in [-0.05, 0) is 144 Å². The fourth-order valence-electron chi connectivity index (χ4n) is 8.94. The minimum atomic E-state index is -5.27. The zero-order valence-corrected chi connectivity index (χ0v) is 66.9. The van der Waals surface area contributed by atoms with Crippen molar-refractivity contribution in [2.75, 3.05) is 16.8 Å². The Balaban J connectivity index is 0.00000320. The number of hydrogen-bond acceptors (Lipinski definition) is 25. The van der Waals surface area contributed by atoms with Crippen LogP contribution in [-0.4, -0.2) is 265 Å². The monoisotopic (exact) mass is 1460 g/mol. The number of hydrogen-bond donors (Lipinski definition) is 11. The molecule has 10 rings (SSSR count). The van der Waals surface area contributed by atoms with Crippen LogP contribution in [0.4, 0.5) is 68.2 Å². The van der Waals surface area contributed by atoms with Gasteiger partial charge in [0.05, 0.1) is 32.5 Å². The van der Waals surface area contributed by atoms with Gasteiger partial charge in [-0.2, -0.15) is 50.5 Å². The SMILES string of the molecule is Nc1ccc(N=Nc2ccc(N=Nc3c(S(=O)(=O)O)cc4cc(Nc5ccc6c(O)c(N=Nc7ccc(N=Nc8ccc(N)cc8S(=O)(=O)O)c8ccc(S(=O)(=O)O)cc78)c(S(=O)(=O)O)cc6c5)ccc4c3O)c3cc(S(=O)(=O)O)ccc23)c(S(=O)(=O)O)c1.[Na].[Na].[Na].[Na].[Na].[Na]. The third-order valence-corrected chi connectivity index (χ3v) is 18.2. The van der Waals surface area contributed by atoms with Gasteiger partial charge in [-0.25, -0.2) is 0 Å². The van der Waals surface area contributed by atoms with Gasteiger partial charge in [0.15, 0.2) is 11.5 Å². The van der Waals surface area contributed by atoms with Gasteiger partial charge in [-0.3, -0.25) is 27.3 Å². The molecular formula is C52H37N11Na6O20S6. The van der Waals surface area contributed by atoms with E-state index in [1.165, 1.54) is 84.9 Å². The Morgan fingerprint density at radius 3 is 0.884 bits per heavy atom. The van der Waals surface area contributed by atoms with Crippen LogP contribution in [0.2, 0.25) is 0 Å². The molecule has 0 spiro atoms. The molecule has 0 aliphatic heterocycles. The fraction of sp³-hybridized carbons (Fsp3) is 0. The van der Waals surface area contributed by atoms with E-state index in [1.807, 2.05) is 0 Å². The Morgan fingerprint density at radius 1 is 0.284 bits per heavy atom. The summed E-state index contributed by atoms with van der Waals surface area (Å²) in [5.74, 6) is -1.68. The Hall–Kier alpha value is -3.90. The Kier molecular flexibility index (Phi) is 28.3. The molecule has 6 radical (unpaired) electrons. The maximum atomic E-state index is 12.9. The van der Waals surface area contributed by atoms with Gasteiger partial charge in [0.2, 0.25) is 0 Å². The number of anilines is 4. The van der Waals surface area contributed by atoms with Gasteiger partial charge in [-0.1, -0.05) is 12.1 Å². The number of aromatic hydroxyl groups is 2. The van der Waals surface area contributed by atoms with E-state index in [4.69, 9.17) is 11.5 Å².